The molecular formula is C20H19NO5. The molecule has 0 bridgehead atoms. The maximum Gasteiger partial charge on any atom is 0.328 e. The van der Waals surface area contributed by atoms with Crippen molar-refractivity contribution in [3.8, 4) is 0 Å². The molecular weight excluding hydrogens is 334 g/mol. The summed E-state index contributed by atoms with van der Waals surface area (Å²) < 4.78 is 7.90. The zero-order chi connectivity index (χ0) is 18.3. The number of carbonyl (C=O) groups is 1. The number of benzene rings is 2. The van der Waals surface area contributed by atoms with Crippen molar-refractivity contribution in [2.24, 2.45) is 0 Å². The van der Waals surface area contributed by atoms with Crippen LogP contribution in [0.1, 0.15) is 18.2 Å². The van der Waals surface area contributed by atoms with Gasteiger partial charge in [-0.25, -0.2) is 4.79 Å². The van der Waals surface area contributed by atoms with Crippen LogP contribution in [0, 0.1) is 0 Å². The van der Waals surface area contributed by atoms with E-state index in [1.807, 2.05) is 47.0 Å². The largest absolute Gasteiger partial charge is 0.478 e. The highest BCUT2D eigenvalue weighted by Crippen LogP contribution is 2.38. The van der Waals surface area contributed by atoms with E-state index in [0.29, 0.717) is 6.42 Å². The van der Waals surface area contributed by atoms with Gasteiger partial charge in [0, 0.05) is 23.3 Å². The third-order valence-corrected chi connectivity index (χ3v) is 4.82. The Morgan fingerprint density at radius 3 is 2.69 bits per heavy atom. The van der Waals surface area contributed by atoms with Crippen molar-refractivity contribution in [1.29, 1.82) is 0 Å². The molecule has 0 spiro atoms. The van der Waals surface area contributed by atoms with Crippen molar-refractivity contribution in [1.82, 2.24) is 4.57 Å². The van der Waals surface area contributed by atoms with Crippen LogP contribution in [0.4, 0.5) is 0 Å². The summed E-state index contributed by atoms with van der Waals surface area (Å²) in [6, 6.07) is 13.6. The first-order chi connectivity index (χ1) is 12.6. The van der Waals surface area contributed by atoms with Gasteiger partial charge in [0.1, 0.15) is 12.3 Å². The number of nitrogens with zero attached hydrogens (tertiary/aromatic N) is 1. The highest BCUT2D eigenvalue weighted by molar-refractivity contribution is 6.08. The van der Waals surface area contributed by atoms with Crippen LogP contribution in [-0.4, -0.2) is 44.7 Å². The Morgan fingerprint density at radius 1 is 1.19 bits per heavy atom. The van der Waals surface area contributed by atoms with E-state index in [9.17, 15) is 15.0 Å². The number of hydrogen-bond acceptors (Lipinski definition) is 4. The zero-order valence-corrected chi connectivity index (χ0v) is 13.9. The molecule has 26 heavy (non-hydrogen) atoms. The van der Waals surface area contributed by atoms with Gasteiger partial charge in [-0.2, -0.15) is 0 Å². The van der Waals surface area contributed by atoms with Crippen LogP contribution in [0.15, 0.2) is 48.5 Å². The molecule has 1 aliphatic rings. The van der Waals surface area contributed by atoms with Gasteiger partial charge in [0.15, 0.2) is 0 Å². The first kappa shape index (κ1) is 16.8. The average molecular weight is 353 g/mol. The predicted molar refractivity (Wildman–Crippen MR) is 97.7 cm³/mol. The Morgan fingerprint density at radius 2 is 1.96 bits per heavy atom. The number of carboxylic acid groups (broad SMARTS) is 1. The minimum Gasteiger partial charge on any atom is -0.478 e. The van der Waals surface area contributed by atoms with Gasteiger partial charge in [-0.15, -0.1) is 0 Å². The molecule has 0 radical (unpaired) electrons. The number of aliphatic hydroxyl groups is 2. The van der Waals surface area contributed by atoms with Crippen LogP contribution >= 0.6 is 0 Å². The third-order valence-electron chi connectivity index (χ3n) is 4.82. The van der Waals surface area contributed by atoms with Crippen LogP contribution in [0.25, 0.3) is 27.9 Å². The van der Waals surface area contributed by atoms with Gasteiger partial charge in [-0.3, -0.25) is 0 Å². The normalized spacial score (nSPS) is 23.4. The minimum atomic E-state index is -0.990. The molecule has 1 aromatic heterocycles. The monoisotopic (exact) mass is 353 g/mol. The van der Waals surface area contributed by atoms with Crippen LogP contribution in [0.5, 0.6) is 0 Å². The molecule has 2 heterocycles. The minimum absolute atomic E-state index is 0.223. The van der Waals surface area contributed by atoms with Crippen LogP contribution < -0.4 is 0 Å². The smallest absolute Gasteiger partial charge is 0.328 e. The topological polar surface area (TPSA) is 91.9 Å². The second-order valence-electron chi connectivity index (χ2n) is 6.45. The van der Waals surface area contributed by atoms with Gasteiger partial charge in [0.2, 0.25) is 0 Å². The van der Waals surface area contributed by atoms with Gasteiger partial charge in [-0.1, -0.05) is 24.3 Å². The number of rotatable bonds is 4. The lowest BCUT2D eigenvalue weighted by Crippen LogP contribution is -2.24. The number of fused-ring (bicyclic) bond motifs is 3. The molecule has 1 aliphatic heterocycles. The van der Waals surface area contributed by atoms with Crippen molar-refractivity contribution in [3.63, 3.8) is 0 Å². The van der Waals surface area contributed by atoms with E-state index in [-0.39, 0.29) is 12.8 Å². The molecule has 134 valence electrons. The van der Waals surface area contributed by atoms with Gasteiger partial charge in [-0.05, 0) is 29.8 Å². The number of hydrogen-bond donors (Lipinski definition) is 3. The van der Waals surface area contributed by atoms with Gasteiger partial charge >= 0.3 is 5.97 Å². The van der Waals surface area contributed by atoms with Crippen molar-refractivity contribution >= 4 is 33.9 Å². The SMILES string of the molecule is O=C(O)/C=C/c1ccc2c(c1)c1ccccc1n2[C@H]1CC(O)[C@@H](CO)O1. The summed E-state index contributed by atoms with van der Waals surface area (Å²) in [6.07, 6.45) is 1.41. The lowest BCUT2D eigenvalue weighted by atomic mass is 10.1. The molecule has 1 unspecified atom stereocenters. The Kier molecular flexibility index (Phi) is 4.24. The second kappa shape index (κ2) is 6.57. The van der Waals surface area contributed by atoms with E-state index in [1.165, 1.54) is 0 Å². The number of para-hydroxylation sites is 1. The Labute approximate surface area is 149 Å². The number of aliphatic carboxylic acids is 1. The maximum atomic E-state index is 10.8. The molecule has 3 atom stereocenters. The molecule has 0 amide bonds. The van der Waals surface area contributed by atoms with E-state index < -0.39 is 18.2 Å². The summed E-state index contributed by atoms with van der Waals surface area (Å²) in [4.78, 5) is 10.8. The molecule has 2 aromatic carbocycles. The second-order valence-corrected chi connectivity index (χ2v) is 6.45. The molecule has 1 fully saturated rings. The highest BCUT2D eigenvalue weighted by atomic mass is 16.5. The number of carboxylic acids is 1. The van der Waals surface area contributed by atoms with Gasteiger partial charge < -0.3 is 24.6 Å². The fraction of sp³-hybridized carbons (Fsp3) is 0.250. The average Bonchev–Trinajstić information content (AvgIpc) is 3.17. The standard InChI is InChI=1S/C20H19NO5/c22-11-18-17(23)10-19(26-18)21-15-4-2-1-3-13(15)14-9-12(5-7-16(14)21)6-8-20(24)25/h1-9,17-19,22-23H,10-11H2,(H,24,25)/b8-6+/t17?,18-,19-/m1/s1. The molecule has 1 saturated heterocycles. The Balaban J connectivity index is 1.88. The molecule has 4 rings (SSSR count). The molecule has 6 nitrogen and oxygen atoms in total. The summed E-state index contributed by atoms with van der Waals surface area (Å²) >= 11 is 0. The molecule has 6 heteroatoms. The number of ether oxygens (including phenoxy) is 1. The molecule has 3 N–H and O–H groups in total. The fourth-order valence-electron chi connectivity index (χ4n) is 3.64. The van der Waals surface area contributed by atoms with Crippen molar-refractivity contribution in [2.45, 2.75) is 24.9 Å². The lowest BCUT2D eigenvalue weighted by Gasteiger charge is -2.16. The summed E-state index contributed by atoms with van der Waals surface area (Å²) in [5, 5.41) is 30.3. The van der Waals surface area contributed by atoms with Crippen LogP contribution in [0.2, 0.25) is 0 Å². The first-order valence-corrected chi connectivity index (χ1v) is 8.46. The van der Waals surface area contributed by atoms with Gasteiger partial charge in [0.05, 0.1) is 23.7 Å². The third kappa shape index (κ3) is 2.78. The van der Waals surface area contributed by atoms with E-state index in [1.54, 1.807) is 6.08 Å². The van der Waals surface area contributed by atoms with Crippen molar-refractivity contribution in [2.75, 3.05) is 6.61 Å². The van der Waals surface area contributed by atoms with E-state index in [0.717, 1.165) is 33.4 Å². The fourth-order valence-corrected chi connectivity index (χ4v) is 3.64. The van der Waals surface area contributed by atoms with Crippen LogP contribution in [-0.2, 0) is 9.53 Å². The van der Waals surface area contributed by atoms with E-state index >= 15 is 0 Å². The summed E-state index contributed by atoms with van der Waals surface area (Å²) in [7, 11) is 0. The molecule has 0 saturated carbocycles. The van der Waals surface area contributed by atoms with Crippen molar-refractivity contribution < 1.29 is 24.9 Å². The first-order valence-electron chi connectivity index (χ1n) is 8.46. The Bertz CT molecular complexity index is 1010. The number of aromatic nitrogens is 1. The predicted octanol–water partition coefficient (Wildman–Crippen LogP) is 2.53. The Hall–Kier alpha value is -2.67. The molecule has 0 aliphatic carbocycles. The lowest BCUT2D eigenvalue weighted by molar-refractivity contribution is -0.131. The summed E-state index contributed by atoms with van der Waals surface area (Å²) in [6.45, 7) is -0.223. The summed E-state index contributed by atoms with van der Waals surface area (Å²) in [5.74, 6) is -0.990. The highest BCUT2D eigenvalue weighted by Gasteiger charge is 2.35. The van der Waals surface area contributed by atoms with Crippen molar-refractivity contribution in [3.05, 3.63) is 54.1 Å². The zero-order valence-electron chi connectivity index (χ0n) is 13.9. The van der Waals surface area contributed by atoms with Crippen LogP contribution in [0.3, 0.4) is 0 Å². The molecule has 3 aromatic rings. The quantitative estimate of drug-likeness (QED) is 0.627. The van der Waals surface area contributed by atoms with E-state index in [4.69, 9.17) is 9.84 Å². The summed E-state index contributed by atoms with van der Waals surface area (Å²) in [5.41, 5.74) is 2.70. The van der Waals surface area contributed by atoms with Gasteiger partial charge in [0.25, 0.3) is 0 Å². The number of aliphatic hydroxyl groups excluding tert-OH is 2. The van der Waals surface area contributed by atoms with E-state index in [2.05, 4.69) is 0 Å². The maximum absolute atomic E-state index is 10.8.